The molecule has 2 aromatic heterocycles. The van der Waals surface area contributed by atoms with Crippen molar-refractivity contribution in [1.29, 1.82) is 0 Å². The molecule has 0 atom stereocenters. The highest BCUT2D eigenvalue weighted by atomic mass is 32.2. The summed E-state index contributed by atoms with van der Waals surface area (Å²) < 4.78 is 2.52. The Morgan fingerprint density at radius 3 is 2.50 bits per heavy atom. The van der Waals surface area contributed by atoms with Crippen LogP contribution < -0.4 is 11.2 Å². The molecule has 0 spiro atoms. The zero-order valence-corrected chi connectivity index (χ0v) is 11.6. The van der Waals surface area contributed by atoms with Gasteiger partial charge in [0.1, 0.15) is 5.65 Å². The van der Waals surface area contributed by atoms with E-state index >= 15 is 0 Å². The Morgan fingerprint density at radius 1 is 1.22 bits per heavy atom. The summed E-state index contributed by atoms with van der Waals surface area (Å²) in [6.07, 6.45) is 1.63. The predicted octanol–water partition coefficient (Wildman–Crippen LogP) is 1.13. The summed E-state index contributed by atoms with van der Waals surface area (Å²) in [6, 6.07) is 1.82. The molecule has 0 saturated carbocycles. The van der Waals surface area contributed by atoms with Crippen molar-refractivity contribution >= 4 is 22.8 Å². The Balaban J connectivity index is 2.93. The molecular weight excluding hydrogens is 250 g/mol. The van der Waals surface area contributed by atoms with Gasteiger partial charge in [0.25, 0.3) is 5.56 Å². The van der Waals surface area contributed by atoms with Gasteiger partial charge in [-0.25, -0.2) is 9.78 Å². The van der Waals surface area contributed by atoms with Gasteiger partial charge in [-0.1, -0.05) is 13.8 Å². The van der Waals surface area contributed by atoms with E-state index in [1.54, 1.807) is 25.0 Å². The van der Waals surface area contributed by atoms with Crippen LogP contribution in [0.4, 0.5) is 0 Å². The SMILES string of the molecule is CC(C)Sc1ccnc2c1c(=O)n(C)c(=O)n2C. The Kier molecular flexibility index (Phi) is 3.30. The van der Waals surface area contributed by atoms with Gasteiger partial charge >= 0.3 is 5.69 Å². The number of aryl methyl sites for hydroxylation is 1. The van der Waals surface area contributed by atoms with Gasteiger partial charge in [0, 0.05) is 30.4 Å². The van der Waals surface area contributed by atoms with E-state index in [9.17, 15) is 9.59 Å². The molecule has 6 heteroatoms. The van der Waals surface area contributed by atoms with Crippen LogP contribution >= 0.6 is 11.8 Å². The van der Waals surface area contributed by atoms with Crippen LogP contribution in [0.5, 0.6) is 0 Å². The molecule has 0 fully saturated rings. The molecule has 2 aromatic rings. The smallest absolute Gasteiger partial charge is 0.280 e. The van der Waals surface area contributed by atoms with E-state index in [-0.39, 0.29) is 11.2 Å². The average molecular weight is 265 g/mol. The zero-order valence-electron chi connectivity index (χ0n) is 10.8. The first-order valence-corrected chi connectivity index (χ1v) is 6.53. The summed E-state index contributed by atoms with van der Waals surface area (Å²) in [5.74, 6) is 0. The average Bonchev–Trinajstić information content (AvgIpc) is 2.32. The van der Waals surface area contributed by atoms with Crippen LogP contribution in [-0.4, -0.2) is 19.4 Å². The minimum absolute atomic E-state index is 0.288. The van der Waals surface area contributed by atoms with Crippen molar-refractivity contribution in [1.82, 2.24) is 14.1 Å². The van der Waals surface area contributed by atoms with E-state index < -0.39 is 0 Å². The lowest BCUT2D eigenvalue weighted by molar-refractivity contribution is 0.706. The molecule has 0 N–H and O–H groups in total. The Morgan fingerprint density at radius 2 is 1.89 bits per heavy atom. The molecule has 0 unspecified atom stereocenters. The molecule has 0 aliphatic heterocycles. The second-order valence-corrected chi connectivity index (χ2v) is 6.00. The molecule has 18 heavy (non-hydrogen) atoms. The number of fused-ring (bicyclic) bond motifs is 1. The van der Waals surface area contributed by atoms with Gasteiger partial charge in [0.2, 0.25) is 0 Å². The molecule has 0 radical (unpaired) electrons. The lowest BCUT2D eigenvalue weighted by Gasteiger charge is -2.11. The number of pyridine rings is 1. The van der Waals surface area contributed by atoms with Crippen LogP contribution in [0.1, 0.15) is 13.8 Å². The highest BCUT2D eigenvalue weighted by molar-refractivity contribution is 8.00. The summed E-state index contributed by atoms with van der Waals surface area (Å²) in [7, 11) is 3.11. The quantitative estimate of drug-likeness (QED) is 0.764. The fourth-order valence-electron chi connectivity index (χ4n) is 1.81. The number of hydrogen-bond donors (Lipinski definition) is 0. The van der Waals surface area contributed by atoms with Crippen molar-refractivity contribution in [3.8, 4) is 0 Å². The van der Waals surface area contributed by atoms with Crippen LogP contribution in [0.15, 0.2) is 26.7 Å². The second kappa shape index (κ2) is 4.61. The Labute approximate surface area is 108 Å². The van der Waals surface area contributed by atoms with Crippen molar-refractivity contribution < 1.29 is 0 Å². The van der Waals surface area contributed by atoms with E-state index in [0.29, 0.717) is 16.3 Å². The number of aromatic nitrogens is 3. The first kappa shape index (κ1) is 12.9. The minimum Gasteiger partial charge on any atom is -0.280 e. The summed E-state index contributed by atoms with van der Waals surface area (Å²) in [5, 5.41) is 0.873. The number of nitrogens with zero attached hydrogens (tertiary/aromatic N) is 3. The zero-order chi connectivity index (χ0) is 13.4. The van der Waals surface area contributed by atoms with Crippen molar-refractivity contribution in [2.75, 3.05) is 0 Å². The van der Waals surface area contributed by atoms with Gasteiger partial charge in [-0.05, 0) is 6.07 Å². The van der Waals surface area contributed by atoms with E-state index in [1.165, 1.54) is 11.6 Å². The largest absolute Gasteiger partial charge is 0.332 e. The standard InChI is InChI=1S/C12H15N3O2S/c1-7(2)18-8-5-6-13-10-9(8)11(16)15(4)12(17)14(10)3/h5-7H,1-4H3. The van der Waals surface area contributed by atoms with Gasteiger partial charge < -0.3 is 0 Å². The fourth-order valence-corrected chi connectivity index (χ4v) is 2.76. The maximum atomic E-state index is 12.2. The normalized spacial score (nSPS) is 11.4. The van der Waals surface area contributed by atoms with Gasteiger partial charge in [-0.15, -0.1) is 11.8 Å². The van der Waals surface area contributed by atoms with Crippen molar-refractivity contribution in [3.63, 3.8) is 0 Å². The molecule has 2 rings (SSSR count). The summed E-state index contributed by atoms with van der Waals surface area (Å²) in [5.41, 5.74) is -0.204. The van der Waals surface area contributed by atoms with Crippen LogP contribution in [0, 0.1) is 0 Å². The molecular formula is C12H15N3O2S. The Bertz CT molecular complexity index is 716. The van der Waals surface area contributed by atoms with E-state index in [2.05, 4.69) is 18.8 Å². The van der Waals surface area contributed by atoms with Crippen molar-refractivity contribution in [2.24, 2.45) is 14.1 Å². The highest BCUT2D eigenvalue weighted by Crippen LogP contribution is 2.26. The molecule has 0 aliphatic carbocycles. The first-order valence-electron chi connectivity index (χ1n) is 5.65. The molecule has 5 nitrogen and oxygen atoms in total. The summed E-state index contributed by atoms with van der Waals surface area (Å²) in [6.45, 7) is 4.12. The molecule has 0 aromatic carbocycles. The maximum Gasteiger partial charge on any atom is 0.332 e. The van der Waals surface area contributed by atoms with Crippen LogP contribution in [0.3, 0.4) is 0 Å². The third-order valence-electron chi connectivity index (χ3n) is 2.67. The van der Waals surface area contributed by atoms with Gasteiger partial charge in [0.15, 0.2) is 0 Å². The number of hydrogen-bond acceptors (Lipinski definition) is 4. The third-order valence-corrected chi connectivity index (χ3v) is 3.73. The summed E-state index contributed by atoms with van der Waals surface area (Å²) in [4.78, 5) is 29.0. The second-order valence-electron chi connectivity index (χ2n) is 4.38. The van der Waals surface area contributed by atoms with Gasteiger partial charge in [-0.2, -0.15) is 0 Å². The lowest BCUT2D eigenvalue weighted by Crippen LogP contribution is -2.37. The molecule has 0 aliphatic rings. The van der Waals surface area contributed by atoms with Crippen LogP contribution in [0.2, 0.25) is 0 Å². The van der Waals surface area contributed by atoms with E-state index in [4.69, 9.17) is 0 Å². The number of thioether (sulfide) groups is 1. The predicted molar refractivity (Wildman–Crippen MR) is 73.2 cm³/mol. The van der Waals surface area contributed by atoms with Gasteiger partial charge in [0.05, 0.1) is 5.39 Å². The number of rotatable bonds is 2. The topological polar surface area (TPSA) is 56.9 Å². The monoisotopic (exact) mass is 265 g/mol. The van der Waals surface area contributed by atoms with Crippen LogP contribution in [0.25, 0.3) is 11.0 Å². The van der Waals surface area contributed by atoms with Crippen molar-refractivity contribution in [2.45, 2.75) is 24.0 Å². The summed E-state index contributed by atoms with van der Waals surface area (Å²) >= 11 is 1.60. The molecule has 0 bridgehead atoms. The Hall–Kier alpha value is -1.56. The van der Waals surface area contributed by atoms with Crippen LogP contribution in [-0.2, 0) is 14.1 Å². The lowest BCUT2D eigenvalue weighted by atomic mass is 10.3. The fraction of sp³-hybridized carbons (Fsp3) is 0.417. The molecule has 2 heterocycles. The van der Waals surface area contributed by atoms with Gasteiger partial charge in [-0.3, -0.25) is 13.9 Å². The highest BCUT2D eigenvalue weighted by Gasteiger charge is 2.14. The minimum atomic E-state index is -0.355. The van der Waals surface area contributed by atoms with E-state index in [1.807, 2.05) is 6.07 Å². The molecule has 96 valence electrons. The molecule has 0 saturated heterocycles. The van der Waals surface area contributed by atoms with E-state index in [0.717, 1.165) is 9.46 Å². The maximum absolute atomic E-state index is 12.2. The first-order chi connectivity index (χ1) is 8.43. The molecule has 0 amide bonds. The third kappa shape index (κ3) is 1.96. The van der Waals surface area contributed by atoms with Crippen molar-refractivity contribution in [3.05, 3.63) is 33.1 Å².